The van der Waals surface area contributed by atoms with Crippen LogP contribution in [0.4, 0.5) is 16.2 Å². The molecule has 6 nitrogen and oxygen atoms in total. The van der Waals surface area contributed by atoms with E-state index in [4.69, 9.17) is 4.74 Å². The van der Waals surface area contributed by atoms with E-state index in [0.717, 1.165) is 11.3 Å². The van der Waals surface area contributed by atoms with Crippen LogP contribution in [0.1, 0.15) is 39.3 Å². The number of aryl methyl sites for hydroxylation is 1. The summed E-state index contributed by atoms with van der Waals surface area (Å²) in [6.07, 6.45) is 3.31. The third-order valence-corrected chi connectivity index (χ3v) is 3.16. The van der Waals surface area contributed by atoms with Gasteiger partial charge in [-0.2, -0.15) is 5.10 Å². The van der Waals surface area contributed by atoms with Crippen molar-refractivity contribution in [1.29, 1.82) is 0 Å². The molecule has 2 aromatic rings. The molecule has 0 saturated carbocycles. The number of carbonyl (C=O) groups excluding carboxylic acids is 1. The van der Waals surface area contributed by atoms with Crippen molar-refractivity contribution in [2.75, 3.05) is 10.6 Å². The highest BCUT2D eigenvalue weighted by molar-refractivity contribution is 5.89. The molecule has 124 valence electrons. The molecule has 2 N–H and O–H groups in total. The zero-order valence-corrected chi connectivity index (χ0v) is 14.3. The standard InChI is InChI=1S/C17H24N4O2/c1-12(13-10-18-21(5)11-13)19-14-8-6-7-9-15(14)20-16(22)23-17(2,3)4/h6-12,19H,1-5H3,(H,20,22). The molecule has 0 aliphatic heterocycles. The topological polar surface area (TPSA) is 68.2 Å². The molecule has 6 heteroatoms. The number of ether oxygens (including phenoxy) is 1. The summed E-state index contributed by atoms with van der Waals surface area (Å²) in [4.78, 5) is 12.0. The van der Waals surface area contributed by atoms with E-state index in [-0.39, 0.29) is 6.04 Å². The maximum absolute atomic E-state index is 12.0. The summed E-state index contributed by atoms with van der Waals surface area (Å²) in [7, 11) is 1.88. The minimum absolute atomic E-state index is 0.0605. The minimum atomic E-state index is -0.532. The number of aromatic nitrogens is 2. The first-order chi connectivity index (χ1) is 10.7. The van der Waals surface area contributed by atoms with Crippen LogP contribution in [0.15, 0.2) is 36.7 Å². The van der Waals surface area contributed by atoms with Crippen LogP contribution in [0, 0.1) is 0 Å². The number of amides is 1. The Morgan fingerprint density at radius 2 is 1.91 bits per heavy atom. The van der Waals surface area contributed by atoms with Crippen LogP contribution < -0.4 is 10.6 Å². The molecular formula is C17H24N4O2. The molecule has 2 rings (SSSR count). The molecule has 1 unspecified atom stereocenters. The Morgan fingerprint density at radius 3 is 2.48 bits per heavy atom. The molecule has 1 aromatic heterocycles. The van der Waals surface area contributed by atoms with E-state index in [1.54, 1.807) is 4.68 Å². The summed E-state index contributed by atoms with van der Waals surface area (Å²) in [6, 6.07) is 7.60. The maximum Gasteiger partial charge on any atom is 0.412 e. The Labute approximate surface area is 136 Å². The minimum Gasteiger partial charge on any atom is -0.444 e. The maximum atomic E-state index is 12.0. The highest BCUT2D eigenvalue weighted by atomic mass is 16.6. The third-order valence-electron chi connectivity index (χ3n) is 3.16. The largest absolute Gasteiger partial charge is 0.444 e. The zero-order chi connectivity index (χ0) is 17.0. The van der Waals surface area contributed by atoms with Gasteiger partial charge in [0.2, 0.25) is 0 Å². The van der Waals surface area contributed by atoms with E-state index in [1.807, 2.05) is 71.4 Å². The number of anilines is 2. The van der Waals surface area contributed by atoms with Gasteiger partial charge in [0.15, 0.2) is 0 Å². The van der Waals surface area contributed by atoms with Gasteiger partial charge in [-0.05, 0) is 39.8 Å². The van der Waals surface area contributed by atoms with Crippen LogP contribution in [-0.2, 0) is 11.8 Å². The van der Waals surface area contributed by atoms with Crippen molar-refractivity contribution in [1.82, 2.24) is 9.78 Å². The highest BCUT2D eigenvalue weighted by Gasteiger charge is 2.17. The summed E-state index contributed by atoms with van der Waals surface area (Å²) in [5.74, 6) is 0. The SMILES string of the molecule is CC(Nc1ccccc1NC(=O)OC(C)(C)C)c1cnn(C)c1. The Hall–Kier alpha value is -2.50. The van der Waals surface area contributed by atoms with Crippen molar-refractivity contribution in [3.8, 4) is 0 Å². The average molecular weight is 316 g/mol. The second kappa shape index (κ2) is 6.73. The predicted molar refractivity (Wildman–Crippen MR) is 91.5 cm³/mol. The molecule has 0 aliphatic carbocycles. The molecule has 0 saturated heterocycles. The fraction of sp³-hybridized carbons (Fsp3) is 0.412. The van der Waals surface area contributed by atoms with Gasteiger partial charge in [0.05, 0.1) is 23.6 Å². The fourth-order valence-electron chi connectivity index (χ4n) is 2.11. The molecule has 23 heavy (non-hydrogen) atoms. The number of hydrogen-bond acceptors (Lipinski definition) is 4. The lowest BCUT2D eigenvalue weighted by Gasteiger charge is -2.21. The summed E-state index contributed by atoms with van der Waals surface area (Å²) in [5, 5.41) is 10.3. The smallest absolute Gasteiger partial charge is 0.412 e. The van der Waals surface area contributed by atoms with Crippen molar-refractivity contribution in [3.63, 3.8) is 0 Å². The van der Waals surface area contributed by atoms with Crippen molar-refractivity contribution >= 4 is 17.5 Å². The summed E-state index contributed by atoms with van der Waals surface area (Å²) in [6.45, 7) is 7.55. The Balaban J connectivity index is 2.09. The number of nitrogens with zero attached hydrogens (tertiary/aromatic N) is 2. The molecule has 1 heterocycles. The first-order valence-corrected chi connectivity index (χ1v) is 7.59. The lowest BCUT2D eigenvalue weighted by atomic mass is 10.1. The Bertz CT molecular complexity index is 673. The summed E-state index contributed by atoms with van der Waals surface area (Å²) < 4.78 is 7.06. The Morgan fingerprint density at radius 1 is 1.26 bits per heavy atom. The van der Waals surface area contributed by atoms with Crippen molar-refractivity contribution in [3.05, 3.63) is 42.2 Å². The zero-order valence-electron chi connectivity index (χ0n) is 14.3. The van der Waals surface area contributed by atoms with E-state index in [1.165, 1.54) is 0 Å². The van der Waals surface area contributed by atoms with Gasteiger partial charge >= 0.3 is 6.09 Å². The van der Waals surface area contributed by atoms with Gasteiger partial charge in [0.25, 0.3) is 0 Å². The average Bonchev–Trinajstić information content (AvgIpc) is 2.85. The second-order valence-electron chi connectivity index (χ2n) is 6.49. The lowest BCUT2D eigenvalue weighted by molar-refractivity contribution is 0.0636. The summed E-state index contributed by atoms with van der Waals surface area (Å²) in [5.41, 5.74) is 2.04. The van der Waals surface area contributed by atoms with E-state index in [2.05, 4.69) is 15.7 Å². The number of para-hydroxylation sites is 2. The molecule has 1 aromatic carbocycles. The molecule has 1 atom stereocenters. The van der Waals surface area contributed by atoms with Crippen LogP contribution in [-0.4, -0.2) is 21.5 Å². The van der Waals surface area contributed by atoms with Gasteiger partial charge in [-0.3, -0.25) is 10.00 Å². The van der Waals surface area contributed by atoms with Crippen molar-refractivity contribution < 1.29 is 9.53 Å². The van der Waals surface area contributed by atoms with Gasteiger partial charge in [0, 0.05) is 18.8 Å². The van der Waals surface area contributed by atoms with Gasteiger partial charge in [-0.25, -0.2) is 4.79 Å². The van der Waals surface area contributed by atoms with Gasteiger partial charge in [-0.15, -0.1) is 0 Å². The van der Waals surface area contributed by atoms with Crippen LogP contribution in [0.3, 0.4) is 0 Å². The van der Waals surface area contributed by atoms with Gasteiger partial charge < -0.3 is 10.1 Å². The molecule has 0 radical (unpaired) electrons. The molecule has 1 amide bonds. The molecular weight excluding hydrogens is 292 g/mol. The predicted octanol–water partition coefficient (Wildman–Crippen LogP) is 3.94. The third kappa shape index (κ3) is 5.02. The number of rotatable bonds is 4. The first-order valence-electron chi connectivity index (χ1n) is 7.59. The number of hydrogen-bond donors (Lipinski definition) is 2. The van der Waals surface area contributed by atoms with Gasteiger partial charge in [0.1, 0.15) is 5.60 Å². The van der Waals surface area contributed by atoms with E-state index in [0.29, 0.717) is 5.69 Å². The molecule has 0 spiro atoms. The second-order valence-corrected chi connectivity index (χ2v) is 6.49. The van der Waals surface area contributed by atoms with E-state index >= 15 is 0 Å². The normalized spacial score (nSPS) is 12.6. The number of benzene rings is 1. The van der Waals surface area contributed by atoms with Gasteiger partial charge in [-0.1, -0.05) is 12.1 Å². The monoisotopic (exact) mass is 316 g/mol. The van der Waals surface area contributed by atoms with E-state index < -0.39 is 11.7 Å². The van der Waals surface area contributed by atoms with Crippen LogP contribution >= 0.6 is 0 Å². The number of carbonyl (C=O) groups is 1. The van der Waals surface area contributed by atoms with Crippen LogP contribution in [0.25, 0.3) is 0 Å². The highest BCUT2D eigenvalue weighted by Crippen LogP contribution is 2.26. The fourth-order valence-corrected chi connectivity index (χ4v) is 2.11. The van der Waals surface area contributed by atoms with E-state index in [9.17, 15) is 4.79 Å². The molecule has 0 aliphatic rings. The van der Waals surface area contributed by atoms with Crippen LogP contribution in [0.5, 0.6) is 0 Å². The number of nitrogens with one attached hydrogen (secondary N) is 2. The quantitative estimate of drug-likeness (QED) is 0.896. The first kappa shape index (κ1) is 16.9. The lowest BCUT2D eigenvalue weighted by Crippen LogP contribution is -2.27. The summed E-state index contributed by atoms with van der Waals surface area (Å²) >= 11 is 0. The Kier molecular flexibility index (Phi) is 4.93. The van der Waals surface area contributed by atoms with Crippen molar-refractivity contribution in [2.24, 2.45) is 7.05 Å². The molecule has 0 fully saturated rings. The van der Waals surface area contributed by atoms with Crippen LogP contribution in [0.2, 0.25) is 0 Å². The van der Waals surface area contributed by atoms with Crippen molar-refractivity contribution in [2.45, 2.75) is 39.3 Å². The molecule has 0 bridgehead atoms.